The van der Waals surface area contributed by atoms with Crippen LogP contribution < -0.4 is 10.7 Å². The molecule has 3 amide bonds. The molecule has 2 aromatic carbocycles. The van der Waals surface area contributed by atoms with Crippen molar-refractivity contribution in [3.05, 3.63) is 59.7 Å². The lowest BCUT2D eigenvalue weighted by molar-refractivity contribution is -0.125. The van der Waals surface area contributed by atoms with E-state index in [0.29, 0.717) is 25.7 Å². The molecule has 4 rings (SSSR count). The largest absolute Gasteiger partial charge is 0.447 e. The van der Waals surface area contributed by atoms with E-state index < -0.39 is 17.8 Å². The number of rotatable bonds is 4. The SMILES string of the molecule is CNC(=O)C1CCC(N(NC(=O)OC(C)(C)C)C(=O)OCC2c3ccccc3-c3ccccc32)CC1. The molecule has 0 saturated heterocycles. The van der Waals surface area contributed by atoms with E-state index in [2.05, 4.69) is 35.0 Å². The summed E-state index contributed by atoms with van der Waals surface area (Å²) in [6, 6.07) is 16.0. The second-order valence-electron chi connectivity index (χ2n) is 10.4. The summed E-state index contributed by atoms with van der Waals surface area (Å²) >= 11 is 0. The van der Waals surface area contributed by atoms with Gasteiger partial charge in [0, 0.05) is 18.9 Å². The van der Waals surface area contributed by atoms with Crippen LogP contribution in [0, 0.1) is 5.92 Å². The van der Waals surface area contributed by atoms with Crippen molar-refractivity contribution in [2.45, 2.75) is 64.0 Å². The molecule has 0 aromatic heterocycles. The molecule has 0 heterocycles. The second-order valence-corrected chi connectivity index (χ2v) is 10.4. The van der Waals surface area contributed by atoms with Crippen molar-refractivity contribution in [3.8, 4) is 11.1 Å². The van der Waals surface area contributed by atoms with Gasteiger partial charge in [-0.05, 0) is 68.7 Å². The normalized spacial score (nSPS) is 19.0. The first-order valence-corrected chi connectivity index (χ1v) is 12.5. The Bertz CT molecular complexity index is 1070. The first kappa shape index (κ1) is 25.5. The standard InChI is InChI=1S/C28H35N3O5/c1-28(2,3)36-26(33)30-31(19-15-13-18(14-16-19)25(32)29-4)27(34)35-17-24-22-11-7-5-9-20(22)21-10-6-8-12-23(21)24/h5-12,18-19,24H,13-17H2,1-4H3,(H,29,32)(H,30,33). The molecule has 0 radical (unpaired) electrons. The highest BCUT2D eigenvalue weighted by molar-refractivity contribution is 5.80. The zero-order valence-electron chi connectivity index (χ0n) is 21.4. The Morgan fingerprint density at radius 3 is 2.00 bits per heavy atom. The van der Waals surface area contributed by atoms with Crippen LogP contribution in [0.15, 0.2) is 48.5 Å². The molecule has 0 spiro atoms. The molecular formula is C28H35N3O5. The summed E-state index contributed by atoms with van der Waals surface area (Å²) in [7, 11) is 1.63. The molecule has 2 aromatic rings. The number of fused-ring (bicyclic) bond motifs is 3. The van der Waals surface area contributed by atoms with Crippen molar-refractivity contribution in [3.63, 3.8) is 0 Å². The van der Waals surface area contributed by atoms with Gasteiger partial charge in [-0.25, -0.2) is 20.0 Å². The van der Waals surface area contributed by atoms with Gasteiger partial charge in [-0.2, -0.15) is 0 Å². The number of hydrazine groups is 1. The minimum Gasteiger partial charge on any atom is -0.447 e. The van der Waals surface area contributed by atoms with Gasteiger partial charge in [-0.3, -0.25) is 4.79 Å². The van der Waals surface area contributed by atoms with Crippen LogP contribution in [0.1, 0.15) is 63.5 Å². The fourth-order valence-corrected chi connectivity index (χ4v) is 5.15. The molecule has 1 saturated carbocycles. The van der Waals surface area contributed by atoms with Crippen molar-refractivity contribution in [1.29, 1.82) is 0 Å². The second kappa shape index (κ2) is 10.6. The summed E-state index contributed by atoms with van der Waals surface area (Å²) in [5, 5.41) is 3.94. The van der Waals surface area contributed by atoms with Gasteiger partial charge in [0.2, 0.25) is 5.91 Å². The third-order valence-electron chi connectivity index (χ3n) is 6.82. The van der Waals surface area contributed by atoms with Crippen LogP contribution >= 0.6 is 0 Å². The van der Waals surface area contributed by atoms with Crippen molar-refractivity contribution < 1.29 is 23.9 Å². The zero-order chi connectivity index (χ0) is 25.9. The number of benzene rings is 2. The predicted octanol–water partition coefficient (Wildman–Crippen LogP) is 4.98. The number of nitrogens with one attached hydrogen (secondary N) is 2. The maximum Gasteiger partial charge on any atom is 0.429 e. The molecule has 2 aliphatic carbocycles. The van der Waals surface area contributed by atoms with E-state index in [1.165, 1.54) is 5.01 Å². The minimum atomic E-state index is -0.718. The highest BCUT2D eigenvalue weighted by Gasteiger charge is 2.35. The number of hydrogen-bond acceptors (Lipinski definition) is 5. The van der Waals surface area contributed by atoms with Crippen LogP contribution in [0.2, 0.25) is 0 Å². The van der Waals surface area contributed by atoms with Crippen LogP contribution in [0.4, 0.5) is 9.59 Å². The molecule has 1 fully saturated rings. The topological polar surface area (TPSA) is 97.0 Å². The van der Waals surface area contributed by atoms with Crippen molar-refractivity contribution in [2.75, 3.05) is 13.7 Å². The van der Waals surface area contributed by atoms with E-state index in [-0.39, 0.29) is 30.4 Å². The maximum atomic E-state index is 13.4. The van der Waals surface area contributed by atoms with Gasteiger partial charge >= 0.3 is 12.2 Å². The lowest BCUT2D eigenvalue weighted by atomic mass is 9.85. The number of carbonyl (C=O) groups is 3. The highest BCUT2D eigenvalue weighted by atomic mass is 16.6. The molecule has 0 aliphatic heterocycles. The molecular weight excluding hydrogens is 458 g/mol. The summed E-state index contributed by atoms with van der Waals surface area (Å²) in [6.45, 7) is 5.43. The van der Waals surface area contributed by atoms with Gasteiger partial charge < -0.3 is 14.8 Å². The van der Waals surface area contributed by atoms with Crippen LogP contribution in [-0.2, 0) is 14.3 Å². The molecule has 0 atom stereocenters. The molecule has 2 aliphatic rings. The van der Waals surface area contributed by atoms with E-state index in [4.69, 9.17) is 9.47 Å². The molecule has 8 nitrogen and oxygen atoms in total. The van der Waals surface area contributed by atoms with Crippen LogP contribution in [0.25, 0.3) is 11.1 Å². The van der Waals surface area contributed by atoms with Gasteiger partial charge in [-0.15, -0.1) is 0 Å². The van der Waals surface area contributed by atoms with Crippen LogP contribution in [0.5, 0.6) is 0 Å². The number of ether oxygens (including phenoxy) is 2. The summed E-state index contributed by atoms with van der Waals surface area (Å²) in [5.74, 6) is -0.188. The van der Waals surface area contributed by atoms with E-state index in [1.807, 2.05) is 24.3 Å². The van der Waals surface area contributed by atoms with E-state index in [9.17, 15) is 14.4 Å². The molecule has 0 unspecified atom stereocenters. The number of hydrogen-bond donors (Lipinski definition) is 2. The molecule has 8 heteroatoms. The smallest absolute Gasteiger partial charge is 0.429 e. The fourth-order valence-electron chi connectivity index (χ4n) is 5.15. The number of carbonyl (C=O) groups excluding carboxylic acids is 3. The Morgan fingerprint density at radius 1 is 0.917 bits per heavy atom. The molecule has 36 heavy (non-hydrogen) atoms. The average Bonchev–Trinajstić information content (AvgIpc) is 3.18. The van der Waals surface area contributed by atoms with Gasteiger partial charge in [0.25, 0.3) is 0 Å². The average molecular weight is 494 g/mol. The van der Waals surface area contributed by atoms with Crippen molar-refractivity contribution >= 4 is 18.1 Å². The lowest BCUT2D eigenvalue weighted by Gasteiger charge is -2.36. The van der Waals surface area contributed by atoms with E-state index in [0.717, 1.165) is 22.3 Å². The monoisotopic (exact) mass is 493 g/mol. The van der Waals surface area contributed by atoms with E-state index in [1.54, 1.807) is 27.8 Å². The third kappa shape index (κ3) is 5.64. The Labute approximate surface area is 212 Å². The quantitative estimate of drug-likeness (QED) is 0.586. The van der Waals surface area contributed by atoms with Gasteiger partial charge in [0.05, 0.1) is 6.04 Å². The van der Waals surface area contributed by atoms with Gasteiger partial charge in [0.15, 0.2) is 0 Å². The first-order valence-electron chi connectivity index (χ1n) is 12.5. The fraction of sp³-hybridized carbons (Fsp3) is 0.464. The lowest BCUT2D eigenvalue weighted by Crippen LogP contribution is -2.54. The zero-order valence-corrected chi connectivity index (χ0v) is 21.4. The minimum absolute atomic E-state index is 0.00115. The summed E-state index contributed by atoms with van der Waals surface area (Å²) in [5.41, 5.74) is 6.42. The summed E-state index contributed by atoms with van der Waals surface area (Å²) in [4.78, 5) is 38.0. The molecule has 2 N–H and O–H groups in total. The number of amides is 3. The predicted molar refractivity (Wildman–Crippen MR) is 136 cm³/mol. The molecule has 0 bridgehead atoms. The Morgan fingerprint density at radius 2 is 1.47 bits per heavy atom. The maximum absolute atomic E-state index is 13.4. The first-order chi connectivity index (χ1) is 17.2. The number of nitrogens with zero attached hydrogens (tertiary/aromatic N) is 1. The van der Waals surface area contributed by atoms with E-state index >= 15 is 0 Å². The third-order valence-corrected chi connectivity index (χ3v) is 6.82. The summed E-state index contributed by atoms with van der Waals surface area (Å²) in [6.07, 6.45) is 1.02. The van der Waals surface area contributed by atoms with Crippen molar-refractivity contribution in [2.24, 2.45) is 5.92 Å². The Kier molecular flexibility index (Phi) is 7.52. The van der Waals surface area contributed by atoms with Gasteiger partial charge in [-0.1, -0.05) is 48.5 Å². The van der Waals surface area contributed by atoms with Crippen LogP contribution in [0.3, 0.4) is 0 Å². The Balaban J connectivity index is 1.48. The van der Waals surface area contributed by atoms with Gasteiger partial charge in [0.1, 0.15) is 12.2 Å². The highest BCUT2D eigenvalue weighted by Crippen LogP contribution is 2.44. The van der Waals surface area contributed by atoms with Crippen molar-refractivity contribution in [1.82, 2.24) is 15.8 Å². The summed E-state index contributed by atoms with van der Waals surface area (Å²) < 4.78 is 11.2. The van der Waals surface area contributed by atoms with Crippen LogP contribution in [-0.4, -0.2) is 48.4 Å². The molecule has 192 valence electrons. The Hall–Kier alpha value is -3.55.